The van der Waals surface area contributed by atoms with Crippen LogP contribution in [0, 0.1) is 20.8 Å². The van der Waals surface area contributed by atoms with Crippen molar-refractivity contribution in [1.29, 1.82) is 0 Å². The number of benzene rings is 3. The third-order valence-corrected chi connectivity index (χ3v) is 10.3. The van der Waals surface area contributed by atoms with Crippen LogP contribution in [0.4, 0.5) is 0 Å². The normalized spacial score (nSPS) is 12.3. The predicted octanol–water partition coefficient (Wildman–Crippen LogP) is 5.93. The minimum Gasteiger partial charge on any atom is -0.496 e. The molecule has 0 saturated heterocycles. The number of hydrogen-bond donors (Lipinski definition) is 2. The molecule has 10 heteroatoms. The van der Waals surface area contributed by atoms with Crippen molar-refractivity contribution in [3.63, 3.8) is 0 Å². The molecule has 0 radical (unpaired) electrons. The van der Waals surface area contributed by atoms with Crippen molar-refractivity contribution in [1.82, 2.24) is 4.31 Å². The highest BCUT2D eigenvalue weighted by Crippen LogP contribution is 2.35. The number of hydrogen-bond acceptors (Lipinski definition) is 6. The van der Waals surface area contributed by atoms with Crippen LogP contribution in [0.15, 0.2) is 77.7 Å². The van der Waals surface area contributed by atoms with Gasteiger partial charge in [-0.3, -0.25) is 4.79 Å². The van der Waals surface area contributed by atoms with Gasteiger partial charge in [0.2, 0.25) is 10.0 Å². The number of thiophene rings is 1. The molecule has 1 aromatic heterocycles. The molecular formula is C31H31NO7S2. The van der Waals surface area contributed by atoms with Crippen molar-refractivity contribution >= 4 is 33.3 Å². The van der Waals surface area contributed by atoms with Gasteiger partial charge >= 0.3 is 11.9 Å². The van der Waals surface area contributed by atoms with Crippen LogP contribution in [0.3, 0.4) is 0 Å². The highest BCUT2D eigenvalue weighted by molar-refractivity contribution is 7.89. The Bertz CT molecular complexity index is 1680. The van der Waals surface area contributed by atoms with Crippen LogP contribution in [0.1, 0.15) is 37.5 Å². The second-order valence-electron chi connectivity index (χ2n) is 9.73. The maximum Gasteiger partial charge on any atom is 0.345 e. The lowest BCUT2D eigenvalue weighted by Gasteiger charge is -2.30. The van der Waals surface area contributed by atoms with Gasteiger partial charge in [0.15, 0.2) is 0 Å². The zero-order valence-electron chi connectivity index (χ0n) is 23.1. The van der Waals surface area contributed by atoms with Gasteiger partial charge < -0.3 is 14.9 Å². The zero-order chi connectivity index (χ0) is 29.9. The summed E-state index contributed by atoms with van der Waals surface area (Å²) >= 11 is 1.14. The summed E-state index contributed by atoms with van der Waals surface area (Å²) in [5, 5.41) is 19.6. The number of carbonyl (C=O) groups is 2. The topological polar surface area (TPSA) is 121 Å². The SMILES string of the molecule is COc1cc(C)c(S(=O)(=O)N(Cc2ccc(-c3ccc(C(=O)O)s3)cc2)[C@@H](Cc2ccccc2)C(=O)O)c(C)c1C. The fraction of sp³-hybridized carbons (Fsp3) is 0.226. The number of methoxy groups -OCH3 is 1. The molecule has 8 nitrogen and oxygen atoms in total. The van der Waals surface area contributed by atoms with Crippen molar-refractivity contribution < 1.29 is 33.0 Å². The third kappa shape index (κ3) is 6.35. The molecule has 4 rings (SSSR count). The Balaban J connectivity index is 1.79. The molecule has 0 aliphatic heterocycles. The molecular weight excluding hydrogens is 562 g/mol. The molecule has 214 valence electrons. The van der Waals surface area contributed by atoms with E-state index < -0.39 is 28.0 Å². The Morgan fingerprint density at radius 3 is 2.12 bits per heavy atom. The molecule has 0 aliphatic rings. The third-order valence-electron chi connectivity index (χ3n) is 7.06. The first-order valence-electron chi connectivity index (χ1n) is 12.8. The van der Waals surface area contributed by atoms with E-state index in [-0.39, 0.29) is 22.7 Å². The smallest absolute Gasteiger partial charge is 0.345 e. The lowest BCUT2D eigenvalue weighted by atomic mass is 10.1. The largest absolute Gasteiger partial charge is 0.496 e. The molecule has 4 aromatic rings. The number of ether oxygens (including phenoxy) is 1. The second kappa shape index (κ2) is 12.3. The number of aliphatic carboxylic acids is 1. The van der Waals surface area contributed by atoms with E-state index in [0.717, 1.165) is 26.1 Å². The van der Waals surface area contributed by atoms with E-state index in [9.17, 15) is 28.2 Å². The Hall–Kier alpha value is -3.99. The Kier molecular flexibility index (Phi) is 8.96. The molecule has 0 aliphatic carbocycles. The zero-order valence-corrected chi connectivity index (χ0v) is 24.8. The standard InChI is InChI=1S/C31H31NO7S2/c1-19-16-26(39-4)20(2)21(3)29(19)41(37,38)32(25(30(33)34)17-22-8-6-5-7-9-22)18-23-10-12-24(13-11-23)27-14-15-28(40-27)31(35)36/h5-16,25H,17-18H2,1-4H3,(H,33,34)(H,35,36)/t25-/m0/s1. The summed E-state index contributed by atoms with van der Waals surface area (Å²) in [6, 6.07) is 19.5. The second-order valence-corrected chi connectivity index (χ2v) is 12.6. The molecule has 0 spiro atoms. The first-order valence-corrected chi connectivity index (χ1v) is 15.1. The maximum absolute atomic E-state index is 14.4. The van der Waals surface area contributed by atoms with Crippen molar-refractivity contribution in [3.05, 3.63) is 105 Å². The lowest BCUT2D eigenvalue weighted by Crippen LogP contribution is -2.46. The highest BCUT2D eigenvalue weighted by Gasteiger charge is 2.38. The first kappa shape index (κ1) is 30.0. The summed E-state index contributed by atoms with van der Waals surface area (Å²) in [5.74, 6) is -1.70. The minimum absolute atomic E-state index is 0.0200. The fourth-order valence-electron chi connectivity index (χ4n) is 4.82. The van der Waals surface area contributed by atoms with Crippen LogP contribution in [-0.4, -0.2) is 48.0 Å². The fourth-order valence-corrected chi connectivity index (χ4v) is 7.73. The number of aryl methyl sites for hydroxylation is 1. The van der Waals surface area contributed by atoms with E-state index >= 15 is 0 Å². The number of carboxylic acids is 2. The van der Waals surface area contributed by atoms with Gasteiger partial charge in [0.1, 0.15) is 16.7 Å². The summed E-state index contributed by atoms with van der Waals surface area (Å²) in [5.41, 5.74) is 3.68. The first-order chi connectivity index (χ1) is 19.4. The van der Waals surface area contributed by atoms with Gasteiger partial charge in [-0.15, -0.1) is 11.3 Å². The molecule has 0 unspecified atom stereocenters. The van der Waals surface area contributed by atoms with Crippen LogP contribution in [0.2, 0.25) is 0 Å². The van der Waals surface area contributed by atoms with Crippen LogP contribution in [-0.2, 0) is 27.8 Å². The summed E-state index contributed by atoms with van der Waals surface area (Å²) in [6.45, 7) is 4.97. The monoisotopic (exact) mass is 593 g/mol. The van der Waals surface area contributed by atoms with Gasteiger partial charge in [-0.1, -0.05) is 54.6 Å². The van der Waals surface area contributed by atoms with E-state index in [2.05, 4.69) is 0 Å². The average molecular weight is 594 g/mol. The summed E-state index contributed by atoms with van der Waals surface area (Å²) in [6.07, 6.45) is -0.0200. The molecule has 3 aromatic carbocycles. The minimum atomic E-state index is -4.31. The molecule has 0 amide bonds. The Labute approximate surface area is 243 Å². The van der Waals surface area contributed by atoms with Gasteiger partial charge in [0.05, 0.1) is 12.0 Å². The quantitative estimate of drug-likeness (QED) is 0.221. The van der Waals surface area contributed by atoms with E-state index in [1.165, 1.54) is 13.2 Å². The van der Waals surface area contributed by atoms with Gasteiger partial charge in [0, 0.05) is 11.4 Å². The van der Waals surface area contributed by atoms with E-state index in [4.69, 9.17) is 4.74 Å². The number of aromatic carboxylic acids is 1. The van der Waals surface area contributed by atoms with Crippen molar-refractivity contribution in [2.24, 2.45) is 0 Å². The number of sulfonamides is 1. The van der Waals surface area contributed by atoms with E-state index in [1.54, 1.807) is 81.4 Å². The Morgan fingerprint density at radius 1 is 0.902 bits per heavy atom. The van der Waals surface area contributed by atoms with Crippen LogP contribution in [0.5, 0.6) is 5.75 Å². The molecule has 1 atom stereocenters. The van der Waals surface area contributed by atoms with Crippen molar-refractivity contribution in [2.75, 3.05) is 7.11 Å². The van der Waals surface area contributed by atoms with E-state index in [0.29, 0.717) is 33.6 Å². The Morgan fingerprint density at radius 2 is 1.56 bits per heavy atom. The van der Waals surface area contributed by atoms with Gasteiger partial charge in [0.25, 0.3) is 0 Å². The molecule has 41 heavy (non-hydrogen) atoms. The number of nitrogens with zero attached hydrogens (tertiary/aromatic N) is 1. The highest BCUT2D eigenvalue weighted by atomic mass is 32.2. The molecule has 0 bridgehead atoms. The molecule has 0 saturated carbocycles. The predicted molar refractivity (Wildman–Crippen MR) is 158 cm³/mol. The summed E-state index contributed by atoms with van der Waals surface area (Å²) in [4.78, 5) is 25.0. The van der Waals surface area contributed by atoms with Gasteiger partial charge in [-0.25, -0.2) is 13.2 Å². The van der Waals surface area contributed by atoms with Crippen LogP contribution < -0.4 is 4.74 Å². The summed E-state index contributed by atoms with van der Waals surface area (Å²) in [7, 11) is -2.79. The number of rotatable bonds is 11. The maximum atomic E-state index is 14.4. The van der Waals surface area contributed by atoms with Gasteiger partial charge in [-0.05, 0) is 78.8 Å². The van der Waals surface area contributed by atoms with Gasteiger partial charge in [-0.2, -0.15) is 4.31 Å². The van der Waals surface area contributed by atoms with E-state index in [1.807, 2.05) is 6.07 Å². The van der Waals surface area contributed by atoms with Crippen LogP contribution in [0.25, 0.3) is 10.4 Å². The summed E-state index contributed by atoms with van der Waals surface area (Å²) < 4.78 is 35.3. The molecule has 0 fully saturated rings. The number of carboxylic acid groups (broad SMARTS) is 2. The van der Waals surface area contributed by atoms with Crippen LogP contribution >= 0.6 is 11.3 Å². The average Bonchev–Trinajstić information content (AvgIpc) is 3.44. The molecule has 1 heterocycles. The lowest BCUT2D eigenvalue weighted by molar-refractivity contribution is -0.141. The molecule has 2 N–H and O–H groups in total. The van der Waals surface area contributed by atoms with Crippen molar-refractivity contribution in [2.45, 2.75) is 44.7 Å². The van der Waals surface area contributed by atoms with Crippen molar-refractivity contribution in [3.8, 4) is 16.2 Å².